The van der Waals surface area contributed by atoms with Crippen LogP contribution in [0.3, 0.4) is 0 Å². The van der Waals surface area contributed by atoms with Crippen LogP contribution in [0.25, 0.3) is 0 Å². The predicted octanol–water partition coefficient (Wildman–Crippen LogP) is 2.15. The summed E-state index contributed by atoms with van der Waals surface area (Å²) in [6, 6.07) is 2.91. The number of ether oxygens (including phenoxy) is 1. The Hall–Kier alpha value is -0.620. The Morgan fingerprint density at radius 3 is 2.81 bits per heavy atom. The number of carbonyl (C=O) groups is 1. The molecule has 0 spiro atoms. The maximum atomic E-state index is 10.9. The van der Waals surface area contributed by atoms with Gasteiger partial charge in [0.25, 0.3) is 0 Å². The monoisotopic (exact) mass is 263 g/mol. The molecule has 90 valence electrons. The fourth-order valence-electron chi connectivity index (χ4n) is 1.30. The maximum Gasteiger partial charge on any atom is 0.323 e. The Bertz CT molecular complexity index is 356. The van der Waals surface area contributed by atoms with Gasteiger partial charge in [0, 0.05) is 18.0 Å². The van der Waals surface area contributed by atoms with Crippen molar-refractivity contribution in [3.8, 4) is 0 Å². The van der Waals surface area contributed by atoms with Gasteiger partial charge in [-0.05, 0) is 19.1 Å². The molecule has 1 aromatic rings. The molecule has 1 aromatic heterocycles. The summed E-state index contributed by atoms with van der Waals surface area (Å²) in [6.45, 7) is 2.03. The smallest absolute Gasteiger partial charge is 0.323 e. The molecule has 0 fully saturated rings. The number of hydrogen-bond donors (Lipinski definition) is 2. The third-order valence-corrected chi connectivity index (χ3v) is 3.52. The first-order chi connectivity index (χ1) is 7.54. The number of aliphatic carboxylic acids is 1. The van der Waals surface area contributed by atoms with Gasteiger partial charge in [-0.2, -0.15) is 0 Å². The van der Waals surface area contributed by atoms with E-state index in [0.29, 0.717) is 4.34 Å². The lowest BCUT2D eigenvalue weighted by atomic mass is 10.2. The Morgan fingerprint density at radius 1 is 1.69 bits per heavy atom. The summed E-state index contributed by atoms with van der Waals surface area (Å²) in [7, 11) is 1.48. The van der Waals surface area contributed by atoms with Crippen molar-refractivity contribution >= 4 is 28.9 Å². The van der Waals surface area contributed by atoms with E-state index < -0.39 is 12.0 Å². The highest BCUT2D eigenvalue weighted by Crippen LogP contribution is 2.26. The number of nitrogens with one attached hydrogen (secondary N) is 1. The molecule has 0 aromatic carbocycles. The number of methoxy groups -OCH3 is 1. The summed E-state index contributed by atoms with van der Waals surface area (Å²) in [5.41, 5.74) is 0. The van der Waals surface area contributed by atoms with Crippen molar-refractivity contribution in [2.24, 2.45) is 0 Å². The van der Waals surface area contributed by atoms with Gasteiger partial charge in [-0.15, -0.1) is 11.3 Å². The van der Waals surface area contributed by atoms with E-state index in [1.807, 2.05) is 13.0 Å². The average Bonchev–Trinajstić information content (AvgIpc) is 2.64. The molecule has 0 bridgehead atoms. The molecule has 0 aliphatic rings. The first-order valence-electron chi connectivity index (χ1n) is 4.77. The lowest BCUT2D eigenvalue weighted by Gasteiger charge is -2.18. The average molecular weight is 264 g/mol. The van der Waals surface area contributed by atoms with Crippen LogP contribution in [-0.4, -0.2) is 30.8 Å². The van der Waals surface area contributed by atoms with Gasteiger partial charge < -0.3 is 9.84 Å². The van der Waals surface area contributed by atoms with E-state index in [2.05, 4.69) is 5.32 Å². The van der Waals surface area contributed by atoms with Crippen LogP contribution in [0.5, 0.6) is 0 Å². The topological polar surface area (TPSA) is 58.6 Å². The van der Waals surface area contributed by atoms with Gasteiger partial charge in [-0.25, -0.2) is 0 Å². The zero-order valence-electron chi connectivity index (χ0n) is 9.07. The quantitative estimate of drug-likeness (QED) is 0.826. The minimum Gasteiger partial charge on any atom is -0.480 e. The van der Waals surface area contributed by atoms with Crippen molar-refractivity contribution < 1.29 is 14.6 Å². The number of carboxylic acid groups (broad SMARTS) is 1. The van der Waals surface area contributed by atoms with E-state index in [-0.39, 0.29) is 12.6 Å². The molecule has 0 amide bonds. The van der Waals surface area contributed by atoms with E-state index in [4.69, 9.17) is 21.4 Å². The lowest BCUT2D eigenvalue weighted by Crippen LogP contribution is -2.41. The molecular weight excluding hydrogens is 250 g/mol. The van der Waals surface area contributed by atoms with Gasteiger partial charge in [0.05, 0.1) is 10.9 Å². The largest absolute Gasteiger partial charge is 0.480 e. The summed E-state index contributed by atoms with van der Waals surface area (Å²) in [6.07, 6.45) is 0. The first kappa shape index (κ1) is 13.4. The molecule has 2 unspecified atom stereocenters. The molecule has 0 saturated heterocycles. The highest BCUT2D eigenvalue weighted by atomic mass is 35.5. The summed E-state index contributed by atoms with van der Waals surface area (Å²) >= 11 is 7.25. The Kier molecular flexibility index (Phi) is 5.21. The standard InChI is InChI=1S/C10H14ClNO3S/c1-6(8-3-4-9(11)16-8)12-7(5-15-2)10(13)14/h3-4,6-7,12H,5H2,1-2H3,(H,13,14). The molecule has 6 heteroatoms. The summed E-state index contributed by atoms with van der Waals surface area (Å²) < 4.78 is 5.54. The Morgan fingerprint density at radius 2 is 2.38 bits per heavy atom. The third-order valence-electron chi connectivity index (χ3n) is 2.10. The molecule has 0 saturated carbocycles. The van der Waals surface area contributed by atoms with Crippen LogP contribution in [0.15, 0.2) is 12.1 Å². The number of hydrogen-bond acceptors (Lipinski definition) is 4. The zero-order chi connectivity index (χ0) is 12.1. The highest BCUT2D eigenvalue weighted by molar-refractivity contribution is 7.16. The molecular formula is C10H14ClNO3S. The second kappa shape index (κ2) is 6.20. The number of carboxylic acids is 1. The van der Waals surface area contributed by atoms with E-state index in [0.717, 1.165) is 4.88 Å². The summed E-state index contributed by atoms with van der Waals surface area (Å²) in [4.78, 5) is 11.9. The highest BCUT2D eigenvalue weighted by Gasteiger charge is 2.20. The van der Waals surface area contributed by atoms with Crippen LogP contribution in [0.2, 0.25) is 4.34 Å². The molecule has 0 aliphatic carbocycles. The van der Waals surface area contributed by atoms with Crippen molar-refractivity contribution in [3.05, 3.63) is 21.3 Å². The zero-order valence-corrected chi connectivity index (χ0v) is 10.6. The van der Waals surface area contributed by atoms with E-state index in [9.17, 15) is 4.79 Å². The van der Waals surface area contributed by atoms with Gasteiger partial charge >= 0.3 is 5.97 Å². The second-order valence-corrected chi connectivity index (χ2v) is 5.12. The fourth-order valence-corrected chi connectivity index (χ4v) is 2.37. The molecule has 2 N–H and O–H groups in total. The van der Waals surface area contributed by atoms with Crippen molar-refractivity contribution in [3.63, 3.8) is 0 Å². The van der Waals surface area contributed by atoms with Crippen molar-refractivity contribution in [1.82, 2.24) is 5.32 Å². The minimum atomic E-state index is -0.920. The predicted molar refractivity (Wildman–Crippen MR) is 64.2 cm³/mol. The van der Waals surface area contributed by atoms with Gasteiger partial charge in [0.15, 0.2) is 0 Å². The summed E-state index contributed by atoms with van der Waals surface area (Å²) in [5, 5.41) is 11.9. The van der Waals surface area contributed by atoms with Crippen LogP contribution in [0.4, 0.5) is 0 Å². The Labute approximate surface area is 103 Å². The van der Waals surface area contributed by atoms with Crippen molar-refractivity contribution in [1.29, 1.82) is 0 Å². The van der Waals surface area contributed by atoms with Crippen molar-refractivity contribution in [2.75, 3.05) is 13.7 Å². The Balaban J connectivity index is 2.61. The van der Waals surface area contributed by atoms with Crippen LogP contribution in [0, 0.1) is 0 Å². The van der Waals surface area contributed by atoms with Gasteiger partial charge in [0.1, 0.15) is 6.04 Å². The molecule has 4 nitrogen and oxygen atoms in total. The number of halogens is 1. The van der Waals surface area contributed by atoms with E-state index in [1.165, 1.54) is 18.4 Å². The van der Waals surface area contributed by atoms with Crippen LogP contribution in [-0.2, 0) is 9.53 Å². The van der Waals surface area contributed by atoms with Gasteiger partial charge in [-0.1, -0.05) is 11.6 Å². The van der Waals surface area contributed by atoms with Crippen LogP contribution in [0.1, 0.15) is 17.8 Å². The molecule has 2 atom stereocenters. The normalized spacial score (nSPS) is 14.7. The molecule has 0 aliphatic heterocycles. The minimum absolute atomic E-state index is 0.0613. The van der Waals surface area contributed by atoms with Crippen LogP contribution >= 0.6 is 22.9 Å². The first-order valence-corrected chi connectivity index (χ1v) is 5.97. The lowest BCUT2D eigenvalue weighted by molar-refractivity contribution is -0.141. The number of thiophene rings is 1. The van der Waals surface area contributed by atoms with Gasteiger partial charge in [0.2, 0.25) is 0 Å². The third kappa shape index (κ3) is 3.75. The fraction of sp³-hybridized carbons (Fsp3) is 0.500. The van der Waals surface area contributed by atoms with Gasteiger partial charge in [-0.3, -0.25) is 10.1 Å². The molecule has 0 radical (unpaired) electrons. The van der Waals surface area contributed by atoms with E-state index >= 15 is 0 Å². The SMILES string of the molecule is COCC(NC(C)c1ccc(Cl)s1)C(=O)O. The van der Waals surface area contributed by atoms with Crippen LogP contribution < -0.4 is 5.32 Å². The second-order valence-electron chi connectivity index (χ2n) is 3.38. The molecule has 1 rings (SSSR count). The molecule has 1 heterocycles. The maximum absolute atomic E-state index is 10.9. The van der Waals surface area contributed by atoms with Crippen molar-refractivity contribution in [2.45, 2.75) is 19.0 Å². The van der Waals surface area contributed by atoms with E-state index in [1.54, 1.807) is 6.07 Å². The summed E-state index contributed by atoms with van der Waals surface area (Å²) in [5.74, 6) is -0.920. The molecule has 16 heavy (non-hydrogen) atoms. The number of rotatable bonds is 6.